The van der Waals surface area contributed by atoms with E-state index in [9.17, 15) is 18.7 Å². The molecule has 0 aliphatic carbocycles. The molecular weight excluding hydrogens is 292 g/mol. The zero-order chi connectivity index (χ0) is 16.8. The van der Waals surface area contributed by atoms with Crippen LogP contribution in [0.4, 0.5) is 8.78 Å². The Morgan fingerprint density at radius 2 is 1.95 bits per heavy atom. The van der Waals surface area contributed by atoms with Gasteiger partial charge in [-0.2, -0.15) is 0 Å². The zero-order valence-electron chi connectivity index (χ0n) is 13.2. The number of benzene rings is 1. The van der Waals surface area contributed by atoms with Crippen molar-refractivity contribution in [1.82, 2.24) is 5.32 Å². The molecule has 0 fully saturated rings. The predicted octanol–water partition coefficient (Wildman–Crippen LogP) is 2.65. The fourth-order valence-electron chi connectivity index (χ4n) is 2.01. The van der Waals surface area contributed by atoms with Gasteiger partial charge < -0.3 is 15.2 Å². The van der Waals surface area contributed by atoms with Crippen LogP contribution in [0.5, 0.6) is 5.75 Å². The average molecular weight is 315 g/mol. The lowest BCUT2D eigenvalue weighted by molar-refractivity contribution is -0.128. The van der Waals surface area contributed by atoms with Gasteiger partial charge in [0, 0.05) is 18.0 Å². The van der Waals surface area contributed by atoms with Gasteiger partial charge in [-0.1, -0.05) is 13.8 Å². The number of hydrogen-bond donors (Lipinski definition) is 2. The highest BCUT2D eigenvalue weighted by atomic mass is 19.2. The van der Waals surface area contributed by atoms with E-state index in [-0.39, 0.29) is 23.7 Å². The van der Waals surface area contributed by atoms with E-state index in [0.717, 1.165) is 25.0 Å². The fraction of sp³-hybridized carbons (Fsp3) is 0.562. The first-order valence-electron chi connectivity index (χ1n) is 7.37. The maximum atomic E-state index is 13.1. The number of carbonyl (C=O) groups is 1. The number of halogens is 2. The molecule has 2 N–H and O–H groups in total. The molecule has 1 aromatic carbocycles. The van der Waals surface area contributed by atoms with Crippen molar-refractivity contribution in [3.63, 3.8) is 0 Å². The van der Waals surface area contributed by atoms with Gasteiger partial charge in [0.15, 0.2) is 17.7 Å². The Morgan fingerprint density at radius 3 is 2.45 bits per heavy atom. The van der Waals surface area contributed by atoms with E-state index in [4.69, 9.17) is 4.74 Å². The Hall–Kier alpha value is -1.69. The van der Waals surface area contributed by atoms with Gasteiger partial charge in [-0.25, -0.2) is 8.78 Å². The monoisotopic (exact) mass is 315 g/mol. The lowest BCUT2D eigenvalue weighted by Crippen LogP contribution is -2.44. The minimum Gasteiger partial charge on any atom is -0.481 e. The Morgan fingerprint density at radius 1 is 1.32 bits per heavy atom. The molecule has 0 radical (unpaired) electrons. The van der Waals surface area contributed by atoms with Crippen LogP contribution in [0.25, 0.3) is 0 Å². The molecule has 0 heterocycles. The summed E-state index contributed by atoms with van der Waals surface area (Å²) in [7, 11) is 0. The first kappa shape index (κ1) is 18.4. The molecule has 0 aliphatic heterocycles. The smallest absolute Gasteiger partial charge is 0.260 e. The minimum absolute atomic E-state index is 0.0152. The highest BCUT2D eigenvalue weighted by Crippen LogP contribution is 2.24. The van der Waals surface area contributed by atoms with Crippen molar-refractivity contribution in [3.8, 4) is 5.75 Å². The number of aliphatic hydroxyl groups excluding tert-OH is 1. The van der Waals surface area contributed by atoms with E-state index in [2.05, 4.69) is 5.32 Å². The van der Waals surface area contributed by atoms with Crippen LogP contribution in [0.1, 0.15) is 33.6 Å². The summed E-state index contributed by atoms with van der Waals surface area (Å²) in [4.78, 5) is 12.0. The second-order valence-corrected chi connectivity index (χ2v) is 5.42. The van der Waals surface area contributed by atoms with Gasteiger partial charge in [-0.05, 0) is 31.9 Å². The van der Waals surface area contributed by atoms with Crippen molar-refractivity contribution >= 4 is 5.91 Å². The lowest BCUT2D eigenvalue weighted by Gasteiger charge is -2.30. The molecule has 0 saturated carbocycles. The summed E-state index contributed by atoms with van der Waals surface area (Å²) in [6.45, 7) is 5.74. The first-order chi connectivity index (χ1) is 10.4. The van der Waals surface area contributed by atoms with Crippen LogP contribution >= 0.6 is 0 Å². The molecule has 22 heavy (non-hydrogen) atoms. The van der Waals surface area contributed by atoms with Crippen molar-refractivity contribution in [2.24, 2.45) is 5.41 Å². The fourth-order valence-corrected chi connectivity index (χ4v) is 2.01. The molecule has 4 nitrogen and oxygen atoms in total. The minimum atomic E-state index is -1.03. The van der Waals surface area contributed by atoms with Crippen LogP contribution in [0.2, 0.25) is 0 Å². The molecule has 0 bridgehead atoms. The van der Waals surface area contributed by atoms with Crippen molar-refractivity contribution in [1.29, 1.82) is 0 Å². The number of nitrogens with one attached hydrogen (secondary N) is 1. The number of ether oxygens (including phenoxy) is 1. The molecule has 1 amide bonds. The third-order valence-corrected chi connectivity index (χ3v) is 4.05. The summed E-state index contributed by atoms with van der Waals surface area (Å²) in [6, 6.07) is 3.10. The molecular formula is C16H23F2NO3. The van der Waals surface area contributed by atoms with Gasteiger partial charge in [0.2, 0.25) is 0 Å². The summed E-state index contributed by atoms with van der Waals surface area (Å²) < 4.78 is 31.2. The Kier molecular flexibility index (Phi) is 6.74. The molecule has 0 saturated heterocycles. The largest absolute Gasteiger partial charge is 0.481 e. The topological polar surface area (TPSA) is 58.6 Å². The highest BCUT2D eigenvalue weighted by molar-refractivity contribution is 5.80. The van der Waals surface area contributed by atoms with Crippen LogP contribution in [-0.4, -0.2) is 30.3 Å². The van der Waals surface area contributed by atoms with E-state index < -0.39 is 17.7 Å². The van der Waals surface area contributed by atoms with Gasteiger partial charge in [0.05, 0.1) is 6.61 Å². The summed E-state index contributed by atoms with van der Waals surface area (Å²) in [5.41, 5.74) is -0.350. The second kappa shape index (κ2) is 8.08. The Bertz CT molecular complexity index is 496. The van der Waals surface area contributed by atoms with Crippen LogP contribution in [0.3, 0.4) is 0 Å². The zero-order valence-corrected chi connectivity index (χ0v) is 13.2. The normalized spacial score (nSPS) is 12.8. The number of rotatable bonds is 8. The summed E-state index contributed by atoms with van der Waals surface area (Å²) >= 11 is 0. The molecule has 0 spiro atoms. The third-order valence-electron chi connectivity index (χ3n) is 4.05. The van der Waals surface area contributed by atoms with E-state index in [0.29, 0.717) is 6.54 Å². The lowest BCUT2D eigenvalue weighted by atomic mass is 9.83. The number of aliphatic hydroxyl groups is 1. The van der Waals surface area contributed by atoms with Crippen LogP contribution in [0.15, 0.2) is 18.2 Å². The Labute approximate surface area is 129 Å². The molecule has 1 aromatic rings. The van der Waals surface area contributed by atoms with Gasteiger partial charge in [0.1, 0.15) is 5.75 Å². The van der Waals surface area contributed by atoms with Gasteiger partial charge in [-0.3, -0.25) is 4.79 Å². The molecule has 124 valence electrons. The van der Waals surface area contributed by atoms with Crippen molar-refractivity contribution in [3.05, 3.63) is 29.8 Å². The highest BCUT2D eigenvalue weighted by Gasteiger charge is 2.27. The van der Waals surface area contributed by atoms with Crippen molar-refractivity contribution in [2.75, 3.05) is 13.2 Å². The molecule has 0 aromatic heterocycles. The van der Waals surface area contributed by atoms with Gasteiger partial charge in [0.25, 0.3) is 5.91 Å². The molecule has 1 unspecified atom stereocenters. The quantitative estimate of drug-likeness (QED) is 0.775. The van der Waals surface area contributed by atoms with E-state index in [1.54, 1.807) is 0 Å². The first-order valence-corrected chi connectivity index (χ1v) is 7.37. The second-order valence-electron chi connectivity index (χ2n) is 5.42. The van der Waals surface area contributed by atoms with Crippen LogP contribution in [0, 0.1) is 17.0 Å². The maximum absolute atomic E-state index is 13.1. The molecule has 6 heteroatoms. The summed E-state index contributed by atoms with van der Waals surface area (Å²) in [6.07, 6.45) is 0.618. The average Bonchev–Trinajstić information content (AvgIpc) is 2.52. The predicted molar refractivity (Wildman–Crippen MR) is 79.6 cm³/mol. The number of carbonyl (C=O) groups excluding carboxylic acids is 1. The van der Waals surface area contributed by atoms with Crippen LogP contribution < -0.4 is 10.1 Å². The Balaban J connectivity index is 2.60. The van der Waals surface area contributed by atoms with Crippen molar-refractivity contribution < 1.29 is 23.4 Å². The standard InChI is InChI=1S/C16H23F2NO3/c1-4-16(5-2,10-20)9-19-15(21)11(3)22-12-6-7-13(17)14(18)8-12/h6-8,11,20H,4-5,9-10H2,1-3H3,(H,19,21). The van der Waals surface area contributed by atoms with Gasteiger partial charge >= 0.3 is 0 Å². The number of amides is 1. The number of hydrogen-bond acceptors (Lipinski definition) is 3. The SMILES string of the molecule is CCC(CC)(CO)CNC(=O)C(C)Oc1ccc(F)c(F)c1. The molecule has 1 rings (SSSR count). The van der Waals surface area contributed by atoms with Crippen LogP contribution in [-0.2, 0) is 4.79 Å². The summed E-state index contributed by atoms with van der Waals surface area (Å²) in [5, 5.41) is 12.2. The van der Waals surface area contributed by atoms with E-state index in [1.165, 1.54) is 13.0 Å². The van der Waals surface area contributed by atoms with E-state index in [1.807, 2.05) is 13.8 Å². The third kappa shape index (κ3) is 4.66. The summed E-state index contributed by atoms with van der Waals surface area (Å²) in [5.74, 6) is -2.28. The van der Waals surface area contributed by atoms with E-state index >= 15 is 0 Å². The maximum Gasteiger partial charge on any atom is 0.260 e. The molecule has 1 atom stereocenters. The van der Waals surface area contributed by atoms with Crippen molar-refractivity contribution in [2.45, 2.75) is 39.7 Å². The van der Waals surface area contributed by atoms with Gasteiger partial charge in [-0.15, -0.1) is 0 Å². The molecule has 0 aliphatic rings.